The molecule has 1 aromatic heterocycles. The lowest BCUT2D eigenvalue weighted by atomic mass is 9.91. The van der Waals surface area contributed by atoms with Crippen molar-refractivity contribution in [3.05, 3.63) is 192 Å². The summed E-state index contributed by atoms with van der Waals surface area (Å²) < 4.78 is 2.42. The summed E-state index contributed by atoms with van der Waals surface area (Å²) in [5.74, 6) is 0. The second-order valence-corrected chi connectivity index (χ2v) is 12.6. The van der Waals surface area contributed by atoms with Gasteiger partial charge in [0.25, 0.3) is 0 Å². The molecule has 0 N–H and O–H groups in total. The van der Waals surface area contributed by atoms with Crippen molar-refractivity contribution in [2.45, 2.75) is 33.6 Å². The first kappa shape index (κ1) is 31.0. The van der Waals surface area contributed by atoms with Crippen LogP contribution in [0.1, 0.15) is 48.9 Å². The number of allylic oxidation sites excluding steroid dienone is 11. The molecule has 0 atom stereocenters. The molecule has 0 saturated heterocycles. The fraction of sp³-hybridized carbons (Fsp3) is 0.106. The molecule has 7 rings (SSSR count). The summed E-state index contributed by atoms with van der Waals surface area (Å²) in [5, 5.41) is 2.47. The van der Waals surface area contributed by atoms with Gasteiger partial charge in [-0.15, -0.1) is 0 Å². The van der Waals surface area contributed by atoms with Gasteiger partial charge < -0.3 is 4.57 Å². The van der Waals surface area contributed by atoms with E-state index in [1.165, 1.54) is 66.3 Å². The van der Waals surface area contributed by atoms with Gasteiger partial charge in [-0.2, -0.15) is 0 Å². The van der Waals surface area contributed by atoms with E-state index in [0.717, 1.165) is 29.7 Å². The fourth-order valence-corrected chi connectivity index (χ4v) is 6.87. The lowest BCUT2D eigenvalue weighted by Crippen LogP contribution is -1.97. The first-order chi connectivity index (χ1) is 23.5. The molecular weight excluding hydrogens is 579 g/mol. The van der Waals surface area contributed by atoms with Gasteiger partial charge in [0.05, 0.1) is 11.0 Å². The van der Waals surface area contributed by atoms with Crippen molar-refractivity contribution in [1.29, 1.82) is 0 Å². The maximum atomic E-state index is 4.53. The summed E-state index contributed by atoms with van der Waals surface area (Å²) in [7, 11) is 0. The molecule has 1 nitrogen and oxygen atoms in total. The standard InChI is InChI=1S/C47H41N/c1-5-36(38-20-12-8-13-21-38)30-41(29-35(4)37-18-10-7-11-19-37)48-46-24-16-15-23-43(46)45-32-40(27-28-47(45)48)39-26-25-34(3)44(31-39)42-22-14-6-9-17-33(42)2/h6-16,18-32H,4-5,17H2,1-3H3/b36-30+,41-29+. The van der Waals surface area contributed by atoms with E-state index in [4.69, 9.17) is 0 Å². The lowest BCUT2D eigenvalue weighted by molar-refractivity contribution is 1.21. The summed E-state index contributed by atoms with van der Waals surface area (Å²) in [6.07, 6.45) is 15.3. The Balaban J connectivity index is 1.42. The minimum Gasteiger partial charge on any atom is -0.309 e. The third kappa shape index (κ3) is 6.08. The van der Waals surface area contributed by atoms with E-state index in [-0.39, 0.29) is 0 Å². The van der Waals surface area contributed by atoms with Crippen LogP contribution in [-0.4, -0.2) is 4.57 Å². The van der Waals surface area contributed by atoms with E-state index in [0.29, 0.717) is 0 Å². The maximum absolute atomic E-state index is 4.53. The van der Waals surface area contributed by atoms with Crippen molar-refractivity contribution in [1.82, 2.24) is 4.57 Å². The number of rotatable bonds is 8. The molecule has 0 unspecified atom stereocenters. The van der Waals surface area contributed by atoms with Crippen LogP contribution in [0.5, 0.6) is 0 Å². The van der Waals surface area contributed by atoms with Crippen LogP contribution in [0, 0.1) is 6.92 Å². The SMILES string of the molecule is C=C(/C=C(\C=C(/CC)c1ccccc1)n1c2ccccc2c2cc(-c3ccc(C)c(C4=C(C)CC=CC=C4)c3)ccc21)c1ccccc1. The van der Waals surface area contributed by atoms with E-state index in [2.05, 4.69) is 190 Å². The number of para-hydroxylation sites is 1. The number of benzene rings is 5. The van der Waals surface area contributed by atoms with Crippen LogP contribution < -0.4 is 0 Å². The van der Waals surface area contributed by atoms with E-state index in [9.17, 15) is 0 Å². The molecule has 48 heavy (non-hydrogen) atoms. The second kappa shape index (κ2) is 13.6. The first-order valence-electron chi connectivity index (χ1n) is 16.9. The van der Waals surface area contributed by atoms with Crippen molar-refractivity contribution in [3.63, 3.8) is 0 Å². The highest BCUT2D eigenvalue weighted by molar-refractivity contribution is 6.12. The van der Waals surface area contributed by atoms with Crippen LogP contribution in [0.3, 0.4) is 0 Å². The Morgan fingerprint density at radius 2 is 1.35 bits per heavy atom. The van der Waals surface area contributed by atoms with Gasteiger partial charge in [0.1, 0.15) is 0 Å². The fourth-order valence-electron chi connectivity index (χ4n) is 6.87. The van der Waals surface area contributed by atoms with Crippen LogP contribution >= 0.6 is 0 Å². The Labute approximate surface area is 284 Å². The lowest BCUT2D eigenvalue weighted by Gasteiger charge is -2.15. The predicted octanol–water partition coefficient (Wildman–Crippen LogP) is 13.1. The molecule has 0 bridgehead atoms. The van der Waals surface area contributed by atoms with E-state index >= 15 is 0 Å². The smallest absolute Gasteiger partial charge is 0.0541 e. The Morgan fingerprint density at radius 3 is 2.12 bits per heavy atom. The molecule has 5 aromatic carbocycles. The minimum atomic E-state index is 0.914. The van der Waals surface area contributed by atoms with Gasteiger partial charge in [0.15, 0.2) is 0 Å². The topological polar surface area (TPSA) is 4.93 Å². The number of nitrogens with zero attached hydrogens (tertiary/aromatic N) is 1. The molecule has 0 amide bonds. The first-order valence-corrected chi connectivity index (χ1v) is 16.9. The molecule has 1 aliphatic carbocycles. The van der Waals surface area contributed by atoms with Crippen LogP contribution in [0.25, 0.3) is 55.3 Å². The number of fused-ring (bicyclic) bond motifs is 3. The normalized spacial score (nSPS) is 13.8. The highest BCUT2D eigenvalue weighted by Gasteiger charge is 2.16. The number of aromatic nitrogens is 1. The molecule has 0 aliphatic heterocycles. The zero-order valence-electron chi connectivity index (χ0n) is 28.1. The molecule has 0 radical (unpaired) electrons. The number of hydrogen-bond donors (Lipinski definition) is 0. The Bertz CT molecular complexity index is 2300. The minimum absolute atomic E-state index is 0.914. The largest absolute Gasteiger partial charge is 0.309 e. The number of hydrogen-bond acceptors (Lipinski definition) is 0. The zero-order valence-corrected chi connectivity index (χ0v) is 28.1. The zero-order chi connectivity index (χ0) is 33.0. The van der Waals surface area contributed by atoms with Gasteiger partial charge in [-0.1, -0.05) is 140 Å². The van der Waals surface area contributed by atoms with Crippen LogP contribution in [0.15, 0.2) is 170 Å². The molecule has 1 heteroatoms. The molecule has 1 heterocycles. The Kier molecular flexibility index (Phi) is 8.77. The van der Waals surface area contributed by atoms with Gasteiger partial charge in [-0.25, -0.2) is 0 Å². The highest BCUT2D eigenvalue weighted by Crippen LogP contribution is 2.38. The van der Waals surface area contributed by atoms with Gasteiger partial charge >= 0.3 is 0 Å². The Hall–Kier alpha value is -5.66. The van der Waals surface area contributed by atoms with Crippen molar-refractivity contribution >= 4 is 44.2 Å². The van der Waals surface area contributed by atoms with Crippen LogP contribution in [0.4, 0.5) is 0 Å². The van der Waals surface area contributed by atoms with E-state index in [1.807, 2.05) is 0 Å². The monoisotopic (exact) mass is 619 g/mol. The van der Waals surface area contributed by atoms with Crippen LogP contribution in [0.2, 0.25) is 0 Å². The molecule has 1 aliphatic rings. The highest BCUT2D eigenvalue weighted by atomic mass is 15.0. The third-order valence-corrected chi connectivity index (χ3v) is 9.50. The summed E-state index contributed by atoms with van der Waals surface area (Å²) >= 11 is 0. The van der Waals surface area contributed by atoms with Crippen LogP contribution in [-0.2, 0) is 0 Å². The molecule has 6 aromatic rings. The quantitative estimate of drug-likeness (QED) is 0.149. The molecule has 0 fully saturated rings. The van der Waals surface area contributed by atoms with Gasteiger partial charge in [0, 0.05) is 16.5 Å². The summed E-state index contributed by atoms with van der Waals surface area (Å²) in [5.41, 5.74) is 15.8. The van der Waals surface area contributed by atoms with E-state index in [1.54, 1.807) is 0 Å². The summed E-state index contributed by atoms with van der Waals surface area (Å²) in [6, 6.07) is 43.8. The molecule has 0 spiro atoms. The summed E-state index contributed by atoms with van der Waals surface area (Å²) in [4.78, 5) is 0. The van der Waals surface area contributed by atoms with Gasteiger partial charge in [-0.05, 0) is 113 Å². The van der Waals surface area contributed by atoms with Crippen molar-refractivity contribution < 1.29 is 0 Å². The average Bonchev–Trinajstić information content (AvgIpc) is 3.30. The second-order valence-electron chi connectivity index (χ2n) is 12.6. The average molecular weight is 620 g/mol. The van der Waals surface area contributed by atoms with Gasteiger partial charge in [0.2, 0.25) is 0 Å². The predicted molar refractivity (Wildman–Crippen MR) is 210 cm³/mol. The molecule has 234 valence electrons. The molecule has 0 saturated carbocycles. The van der Waals surface area contributed by atoms with Crippen molar-refractivity contribution in [2.75, 3.05) is 0 Å². The van der Waals surface area contributed by atoms with E-state index < -0.39 is 0 Å². The number of aryl methyl sites for hydroxylation is 1. The molecular formula is C47H41N. The Morgan fingerprint density at radius 1 is 0.688 bits per heavy atom. The van der Waals surface area contributed by atoms with Crippen molar-refractivity contribution in [2.24, 2.45) is 0 Å². The van der Waals surface area contributed by atoms with Gasteiger partial charge in [-0.3, -0.25) is 0 Å². The third-order valence-electron chi connectivity index (χ3n) is 9.50. The summed E-state index contributed by atoms with van der Waals surface area (Å²) in [6.45, 7) is 11.2. The van der Waals surface area contributed by atoms with Crippen molar-refractivity contribution in [3.8, 4) is 11.1 Å². The maximum Gasteiger partial charge on any atom is 0.0541 e.